The largest absolute Gasteiger partial charge is 0.304 e. The van der Waals surface area contributed by atoms with Crippen LogP contribution in [0.4, 0.5) is 0 Å². The minimum Gasteiger partial charge on any atom is -0.304 e. The van der Waals surface area contributed by atoms with E-state index in [1.807, 2.05) is 0 Å². The minimum atomic E-state index is 0.531. The zero-order valence-electron chi connectivity index (χ0n) is 17.6. The van der Waals surface area contributed by atoms with Crippen molar-refractivity contribution in [3.8, 4) is 0 Å². The molecule has 1 aromatic carbocycles. The van der Waals surface area contributed by atoms with Crippen LogP contribution in [0.3, 0.4) is 0 Å². The lowest BCUT2D eigenvalue weighted by Gasteiger charge is -2.33. The molecule has 3 aliphatic carbocycles. The Morgan fingerprint density at radius 1 is 1.00 bits per heavy atom. The second-order valence-electron chi connectivity index (χ2n) is 9.30. The van der Waals surface area contributed by atoms with Gasteiger partial charge in [-0.2, -0.15) is 0 Å². The Bertz CT molecular complexity index is 882. The van der Waals surface area contributed by atoms with Crippen molar-refractivity contribution in [2.24, 2.45) is 17.8 Å². The first kappa shape index (κ1) is 18.9. The van der Waals surface area contributed by atoms with Gasteiger partial charge in [-0.25, -0.2) is 0 Å². The maximum atomic E-state index is 3.89. The van der Waals surface area contributed by atoms with E-state index in [4.69, 9.17) is 0 Å². The van der Waals surface area contributed by atoms with Gasteiger partial charge < -0.3 is 5.32 Å². The van der Waals surface area contributed by atoms with Crippen molar-refractivity contribution in [1.29, 1.82) is 0 Å². The third kappa shape index (κ3) is 3.98. The van der Waals surface area contributed by atoms with Gasteiger partial charge in [0.25, 0.3) is 0 Å². The van der Waals surface area contributed by atoms with Gasteiger partial charge in [0.2, 0.25) is 0 Å². The quantitative estimate of drug-likeness (QED) is 0.582. The predicted molar refractivity (Wildman–Crippen MR) is 123 cm³/mol. The summed E-state index contributed by atoms with van der Waals surface area (Å²) in [5.41, 5.74) is 6.40. The summed E-state index contributed by atoms with van der Waals surface area (Å²) < 4.78 is 0. The maximum Gasteiger partial charge on any atom is 0.0484 e. The van der Waals surface area contributed by atoms with Crippen LogP contribution < -0.4 is 5.32 Å². The van der Waals surface area contributed by atoms with Crippen LogP contribution in [0.25, 0.3) is 5.57 Å². The van der Waals surface area contributed by atoms with Gasteiger partial charge in [-0.05, 0) is 61.5 Å². The summed E-state index contributed by atoms with van der Waals surface area (Å²) in [5, 5.41) is 3.89. The Hall–Kier alpha value is -2.12. The SMILES string of the molecule is CC1C/C(C2C=CC=CC2)=C(/c2ccccc2)C2NC2CC1C1=CC=CCCC1. The first-order valence-electron chi connectivity index (χ1n) is 11.5. The van der Waals surface area contributed by atoms with Crippen molar-refractivity contribution in [3.05, 3.63) is 89.6 Å². The smallest absolute Gasteiger partial charge is 0.0484 e. The topological polar surface area (TPSA) is 21.9 Å². The molecule has 5 atom stereocenters. The van der Waals surface area contributed by atoms with Crippen LogP contribution in [0.5, 0.6) is 0 Å². The number of benzene rings is 1. The van der Waals surface area contributed by atoms with Crippen LogP contribution in [0.2, 0.25) is 0 Å². The molecule has 5 unspecified atom stereocenters. The monoisotopic (exact) mass is 383 g/mol. The van der Waals surface area contributed by atoms with Crippen molar-refractivity contribution >= 4 is 5.57 Å². The summed E-state index contributed by atoms with van der Waals surface area (Å²) in [7, 11) is 0. The molecule has 1 saturated heterocycles. The Morgan fingerprint density at radius 2 is 1.90 bits per heavy atom. The van der Waals surface area contributed by atoms with E-state index in [-0.39, 0.29) is 0 Å². The Morgan fingerprint density at radius 3 is 2.72 bits per heavy atom. The molecule has 0 bridgehead atoms. The molecule has 0 aromatic heterocycles. The first-order chi connectivity index (χ1) is 14.3. The molecule has 150 valence electrons. The fourth-order valence-corrected chi connectivity index (χ4v) is 5.76. The van der Waals surface area contributed by atoms with Gasteiger partial charge in [-0.3, -0.25) is 0 Å². The van der Waals surface area contributed by atoms with E-state index in [1.165, 1.54) is 37.7 Å². The third-order valence-corrected chi connectivity index (χ3v) is 7.35. The summed E-state index contributed by atoms with van der Waals surface area (Å²) in [4.78, 5) is 0. The highest BCUT2D eigenvalue weighted by Gasteiger charge is 2.45. The number of fused-ring (bicyclic) bond motifs is 1. The predicted octanol–water partition coefficient (Wildman–Crippen LogP) is 6.63. The summed E-state index contributed by atoms with van der Waals surface area (Å²) in [6, 6.07) is 12.3. The molecule has 5 rings (SSSR count). The normalized spacial score (nSPS) is 36.6. The first-order valence-corrected chi connectivity index (χ1v) is 11.5. The highest BCUT2D eigenvalue weighted by molar-refractivity contribution is 5.76. The van der Waals surface area contributed by atoms with Gasteiger partial charge in [0.15, 0.2) is 0 Å². The Balaban J connectivity index is 1.54. The van der Waals surface area contributed by atoms with E-state index in [0.717, 1.165) is 6.42 Å². The second kappa shape index (κ2) is 8.32. The average molecular weight is 384 g/mol. The fraction of sp³-hybridized carbons (Fsp3) is 0.429. The number of allylic oxidation sites excluding steroid dienone is 9. The molecule has 1 aromatic rings. The number of rotatable bonds is 3. The number of nitrogens with one attached hydrogen (secondary N) is 1. The molecule has 1 heteroatoms. The molecule has 0 amide bonds. The molecular weight excluding hydrogens is 350 g/mol. The lowest BCUT2D eigenvalue weighted by molar-refractivity contribution is 0.360. The summed E-state index contributed by atoms with van der Waals surface area (Å²) >= 11 is 0. The Labute approximate surface area is 176 Å². The van der Waals surface area contributed by atoms with Crippen LogP contribution >= 0.6 is 0 Å². The molecule has 1 fully saturated rings. The third-order valence-electron chi connectivity index (χ3n) is 7.35. The molecule has 0 saturated carbocycles. The average Bonchev–Trinajstić information content (AvgIpc) is 3.55. The lowest BCUT2D eigenvalue weighted by atomic mass is 9.71. The molecule has 1 nitrogen and oxygen atoms in total. The zero-order valence-corrected chi connectivity index (χ0v) is 17.6. The van der Waals surface area contributed by atoms with E-state index in [1.54, 1.807) is 16.7 Å². The molecule has 1 aliphatic heterocycles. The molecule has 1 heterocycles. The van der Waals surface area contributed by atoms with E-state index < -0.39 is 0 Å². The van der Waals surface area contributed by atoms with Crippen LogP contribution in [0.1, 0.15) is 51.0 Å². The molecule has 0 spiro atoms. The highest BCUT2D eigenvalue weighted by Crippen LogP contribution is 2.47. The van der Waals surface area contributed by atoms with E-state index >= 15 is 0 Å². The standard InChI is InChI=1S/C28H33N/c1-20-18-25(22-14-8-4-9-15-22)27(23-16-10-5-11-17-23)28-26(29-28)19-24(20)21-12-6-2-3-7-13-21/h2,4-6,8-12,14,16-17,20,22,24,26,28-29H,3,7,13,15,18-19H2,1H3/b27-25+. The molecule has 0 radical (unpaired) electrons. The van der Waals surface area contributed by atoms with Gasteiger partial charge in [0.1, 0.15) is 0 Å². The summed E-state index contributed by atoms with van der Waals surface area (Å²) in [6.07, 6.45) is 23.8. The Kier molecular flexibility index (Phi) is 5.42. The number of hydrogen-bond donors (Lipinski definition) is 1. The van der Waals surface area contributed by atoms with Crippen molar-refractivity contribution in [1.82, 2.24) is 5.32 Å². The van der Waals surface area contributed by atoms with Gasteiger partial charge in [0, 0.05) is 18.0 Å². The molecule has 1 N–H and O–H groups in total. The van der Waals surface area contributed by atoms with Crippen molar-refractivity contribution in [3.63, 3.8) is 0 Å². The van der Waals surface area contributed by atoms with Crippen LogP contribution in [0, 0.1) is 17.8 Å². The number of hydrogen-bond acceptors (Lipinski definition) is 1. The minimum absolute atomic E-state index is 0.531. The van der Waals surface area contributed by atoms with Crippen molar-refractivity contribution in [2.45, 2.75) is 57.5 Å². The maximum absolute atomic E-state index is 3.89. The molecular formula is C28H33N. The van der Waals surface area contributed by atoms with Crippen molar-refractivity contribution in [2.75, 3.05) is 0 Å². The van der Waals surface area contributed by atoms with E-state index in [9.17, 15) is 0 Å². The van der Waals surface area contributed by atoms with E-state index in [2.05, 4.69) is 85.1 Å². The van der Waals surface area contributed by atoms with E-state index in [0.29, 0.717) is 29.8 Å². The van der Waals surface area contributed by atoms with Gasteiger partial charge in [0.05, 0.1) is 0 Å². The lowest BCUT2D eigenvalue weighted by Crippen LogP contribution is -2.23. The second-order valence-corrected chi connectivity index (χ2v) is 9.30. The highest BCUT2D eigenvalue weighted by atomic mass is 15.2. The van der Waals surface area contributed by atoms with Gasteiger partial charge in [-0.15, -0.1) is 0 Å². The van der Waals surface area contributed by atoms with Gasteiger partial charge >= 0.3 is 0 Å². The molecule has 29 heavy (non-hydrogen) atoms. The summed E-state index contributed by atoms with van der Waals surface area (Å²) in [6.45, 7) is 2.51. The van der Waals surface area contributed by atoms with Crippen molar-refractivity contribution < 1.29 is 0 Å². The van der Waals surface area contributed by atoms with Crippen LogP contribution in [-0.2, 0) is 0 Å². The zero-order chi connectivity index (χ0) is 19.6. The van der Waals surface area contributed by atoms with Crippen LogP contribution in [0.15, 0.2) is 84.0 Å². The molecule has 4 aliphatic rings. The fourth-order valence-electron chi connectivity index (χ4n) is 5.76. The summed E-state index contributed by atoms with van der Waals surface area (Å²) in [5.74, 6) is 1.93. The van der Waals surface area contributed by atoms with Crippen LogP contribution in [-0.4, -0.2) is 12.1 Å². The van der Waals surface area contributed by atoms with Gasteiger partial charge in [-0.1, -0.05) is 90.9 Å².